The van der Waals surface area contributed by atoms with Crippen LogP contribution in [-0.4, -0.2) is 65.6 Å². The van der Waals surface area contributed by atoms with Gasteiger partial charge in [0, 0.05) is 26.2 Å². The third-order valence-corrected chi connectivity index (χ3v) is 3.71. The van der Waals surface area contributed by atoms with E-state index in [1.807, 2.05) is 0 Å². The lowest BCUT2D eigenvalue weighted by molar-refractivity contribution is 0.151. The van der Waals surface area contributed by atoms with Gasteiger partial charge in [-0.3, -0.25) is 0 Å². The molecule has 3 heterocycles. The van der Waals surface area contributed by atoms with Gasteiger partial charge in [-0.05, 0) is 58.4 Å². The Morgan fingerprint density at radius 2 is 0.905 bits per heavy atom. The maximum Gasteiger partial charge on any atom is 0.0590 e. The lowest BCUT2D eigenvalue weighted by atomic mass is 10.2. The zero-order valence-electron chi connectivity index (χ0n) is 13.7. The summed E-state index contributed by atoms with van der Waals surface area (Å²) in [6, 6.07) is 0. The van der Waals surface area contributed by atoms with Crippen molar-refractivity contribution in [3.05, 3.63) is 0 Å². The van der Waals surface area contributed by atoms with Crippen molar-refractivity contribution in [3.8, 4) is 0 Å². The van der Waals surface area contributed by atoms with Crippen LogP contribution in [0.5, 0.6) is 0 Å². The molecular formula is C16H36N4O. The molecule has 0 radical (unpaired) electrons. The summed E-state index contributed by atoms with van der Waals surface area (Å²) in [6.07, 6.45) is 8.10. The van der Waals surface area contributed by atoms with Crippen molar-refractivity contribution < 1.29 is 4.74 Å². The highest BCUT2D eigenvalue weighted by molar-refractivity contribution is 4.58. The van der Waals surface area contributed by atoms with Crippen LogP contribution < -0.4 is 21.3 Å². The van der Waals surface area contributed by atoms with Crippen molar-refractivity contribution in [3.63, 3.8) is 0 Å². The fourth-order valence-corrected chi connectivity index (χ4v) is 2.41. The molecule has 0 amide bonds. The normalized spacial score (nSPS) is 24.0. The van der Waals surface area contributed by atoms with Gasteiger partial charge in [0.25, 0.3) is 0 Å². The summed E-state index contributed by atoms with van der Waals surface area (Å²) in [7, 11) is 0. The molecule has 3 saturated heterocycles. The summed E-state index contributed by atoms with van der Waals surface area (Å²) in [5, 5.41) is 13.1. The minimum absolute atomic E-state index is 0.889. The van der Waals surface area contributed by atoms with E-state index in [1.165, 1.54) is 64.7 Å². The summed E-state index contributed by atoms with van der Waals surface area (Å²) in [5.74, 6) is 0. The molecule has 0 bridgehead atoms. The summed E-state index contributed by atoms with van der Waals surface area (Å²) < 4.78 is 5.13. The van der Waals surface area contributed by atoms with Crippen LogP contribution in [-0.2, 0) is 4.74 Å². The molecule has 0 aromatic heterocycles. The SMILES string of the molecule is C1CCCNCC1.C1CNCCNC1.C1CNCCOC1. The van der Waals surface area contributed by atoms with Gasteiger partial charge in [-0.1, -0.05) is 12.8 Å². The van der Waals surface area contributed by atoms with Crippen molar-refractivity contribution in [2.75, 3.05) is 65.6 Å². The van der Waals surface area contributed by atoms with Crippen LogP contribution in [0, 0.1) is 0 Å². The summed E-state index contributed by atoms with van der Waals surface area (Å²) in [5.41, 5.74) is 0. The molecule has 0 aromatic carbocycles. The van der Waals surface area contributed by atoms with E-state index in [0.717, 1.165) is 39.4 Å². The minimum Gasteiger partial charge on any atom is -0.380 e. The van der Waals surface area contributed by atoms with Gasteiger partial charge in [-0.25, -0.2) is 0 Å². The summed E-state index contributed by atoms with van der Waals surface area (Å²) >= 11 is 0. The average molecular weight is 300 g/mol. The summed E-state index contributed by atoms with van der Waals surface area (Å²) in [6.45, 7) is 11.1. The first kappa shape index (κ1) is 18.8. The van der Waals surface area contributed by atoms with Crippen molar-refractivity contribution in [1.82, 2.24) is 21.3 Å². The summed E-state index contributed by atoms with van der Waals surface area (Å²) in [4.78, 5) is 0. The van der Waals surface area contributed by atoms with E-state index in [0.29, 0.717) is 0 Å². The van der Waals surface area contributed by atoms with Gasteiger partial charge in [-0.15, -0.1) is 0 Å². The van der Waals surface area contributed by atoms with Crippen LogP contribution in [0.2, 0.25) is 0 Å². The quantitative estimate of drug-likeness (QED) is 0.531. The first-order chi connectivity index (χ1) is 10.5. The second kappa shape index (κ2) is 16.2. The minimum atomic E-state index is 0.889. The maximum atomic E-state index is 5.13. The van der Waals surface area contributed by atoms with E-state index in [4.69, 9.17) is 4.74 Å². The lowest BCUT2D eigenvalue weighted by Crippen LogP contribution is -2.21. The van der Waals surface area contributed by atoms with Crippen LogP contribution in [0.1, 0.15) is 38.5 Å². The zero-order valence-corrected chi connectivity index (χ0v) is 13.7. The van der Waals surface area contributed by atoms with Gasteiger partial charge in [0.1, 0.15) is 0 Å². The average Bonchev–Trinajstić information content (AvgIpc) is 3.09. The molecule has 3 aliphatic heterocycles. The molecule has 0 unspecified atom stereocenters. The van der Waals surface area contributed by atoms with E-state index < -0.39 is 0 Å². The second-order valence-electron chi connectivity index (χ2n) is 5.73. The fraction of sp³-hybridized carbons (Fsp3) is 1.00. The van der Waals surface area contributed by atoms with Crippen LogP contribution in [0.4, 0.5) is 0 Å². The molecule has 3 aliphatic rings. The highest BCUT2D eigenvalue weighted by Gasteiger charge is 1.94. The van der Waals surface area contributed by atoms with Gasteiger partial charge in [0.2, 0.25) is 0 Å². The Hall–Kier alpha value is -0.200. The van der Waals surface area contributed by atoms with Crippen molar-refractivity contribution >= 4 is 0 Å². The number of hydrogen-bond acceptors (Lipinski definition) is 5. The van der Waals surface area contributed by atoms with Crippen molar-refractivity contribution in [2.45, 2.75) is 38.5 Å². The van der Waals surface area contributed by atoms with Gasteiger partial charge in [0.05, 0.1) is 6.61 Å². The highest BCUT2D eigenvalue weighted by Crippen LogP contribution is 2.00. The predicted octanol–water partition coefficient (Wildman–Crippen LogP) is 0.716. The molecule has 3 fully saturated rings. The molecule has 0 atom stereocenters. The molecule has 5 nitrogen and oxygen atoms in total. The number of nitrogens with one attached hydrogen (secondary N) is 4. The number of hydrogen-bond donors (Lipinski definition) is 4. The molecule has 0 saturated carbocycles. The van der Waals surface area contributed by atoms with Crippen LogP contribution in [0.25, 0.3) is 0 Å². The Labute approximate surface area is 131 Å². The molecule has 0 spiro atoms. The zero-order chi connectivity index (χ0) is 14.8. The first-order valence-electron chi connectivity index (χ1n) is 8.91. The monoisotopic (exact) mass is 300 g/mol. The second-order valence-corrected chi connectivity index (χ2v) is 5.73. The van der Waals surface area contributed by atoms with Crippen LogP contribution in [0.15, 0.2) is 0 Å². The Balaban J connectivity index is 0.000000157. The Kier molecular flexibility index (Phi) is 14.5. The lowest BCUT2D eigenvalue weighted by Gasteiger charge is -1.92. The van der Waals surface area contributed by atoms with Crippen molar-refractivity contribution in [2.24, 2.45) is 0 Å². The van der Waals surface area contributed by atoms with Gasteiger partial charge >= 0.3 is 0 Å². The Bertz CT molecular complexity index is 112. The van der Waals surface area contributed by atoms with Gasteiger partial charge in [0.15, 0.2) is 0 Å². The Morgan fingerprint density at radius 3 is 1.62 bits per heavy atom. The molecule has 5 heteroatoms. The van der Waals surface area contributed by atoms with Crippen LogP contribution >= 0.6 is 0 Å². The van der Waals surface area contributed by atoms with E-state index in [2.05, 4.69) is 21.3 Å². The molecule has 0 aliphatic carbocycles. The van der Waals surface area contributed by atoms with Gasteiger partial charge < -0.3 is 26.0 Å². The molecule has 3 rings (SSSR count). The largest absolute Gasteiger partial charge is 0.380 e. The predicted molar refractivity (Wildman–Crippen MR) is 90.0 cm³/mol. The fourth-order valence-electron chi connectivity index (χ4n) is 2.41. The Morgan fingerprint density at radius 1 is 0.381 bits per heavy atom. The van der Waals surface area contributed by atoms with Crippen LogP contribution in [0.3, 0.4) is 0 Å². The molecular weight excluding hydrogens is 264 g/mol. The third kappa shape index (κ3) is 14.5. The smallest absolute Gasteiger partial charge is 0.0590 e. The first-order valence-corrected chi connectivity index (χ1v) is 8.91. The van der Waals surface area contributed by atoms with E-state index in [1.54, 1.807) is 0 Å². The number of rotatable bonds is 0. The molecule has 126 valence electrons. The van der Waals surface area contributed by atoms with E-state index in [9.17, 15) is 0 Å². The molecule has 21 heavy (non-hydrogen) atoms. The third-order valence-electron chi connectivity index (χ3n) is 3.71. The number of ether oxygens (including phenoxy) is 1. The molecule has 0 aromatic rings. The molecule has 4 N–H and O–H groups in total. The maximum absolute atomic E-state index is 5.13. The van der Waals surface area contributed by atoms with E-state index in [-0.39, 0.29) is 0 Å². The van der Waals surface area contributed by atoms with E-state index >= 15 is 0 Å². The van der Waals surface area contributed by atoms with Crippen molar-refractivity contribution in [1.29, 1.82) is 0 Å². The topological polar surface area (TPSA) is 57.3 Å². The standard InChI is InChI=1S/C6H13N.C5H12N2.C5H11NO/c1-2-4-6-7-5-3-1;1-2-6-4-5-7-3-1;1-2-6-3-5-7-4-1/h7H,1-6H2;6-7H,1-5H2;6H,1-5H2. The highest BCUT2D eigenvalue weighted by atomic mass is 16.5. The van der Waals surface area contributed by atoms with Gasteiger partial charge in [-0.2, -0.15) is 0 Å².